The van der Waals surface area contributed by atoms with Crippen molar-refractivity contribution in [1.29, 1.82) is 0 Å². The summed E-state index contributed by atoms with van der Waals surface area (Å²) >= 11 is 1.76. The lowest BCUT2D eigenvalue weighted by atomic mass is 9.79. The zero-order chi connectivity index (χ0) is 9.54. The van der Waals surface area contributed by atoms with E-state index in [0.29, 0.717) is 0 Å². The first kappa shape index (κ1) is 8.42. The first-order valence-corrected chi connectivity index (χ1v) is 6.07. The Bertz CT molecular complexity index is 468. The van der Waals surface area contributed by atoms with E-state index in [1.54, 1.807) is 16.9 Å². The van der Waals surface area contributed by atoms with Gasteiger partial charge in [0.05, 0.1) is 0 Å². The fourth-order valence-electron chi connectivity index (χ4n) is 2.16. The molecule has 0 unspecified atom stereocenters. The van der Waals surface area contributed by atoms with Crippen LogP contribution < -0.4 is 0 Å². The van der Waals surface area contributed by atoms with Crippen molar-refractivity contribution in [2.45, 2.75) is 32.1 Å². The third-order valence-corrected chi connectivity index (χ3v) is 3.95. The third-order valence-electron chi connectivity index (χ3n) is 3.14. The molecule has 0 N–H and O–H groups in total. The van der Waals surface area contributed by atoms with Crippen molar-refractivity contribution in [1.82, 2.24) is 4.98 Å². The highest BCUT2D eigenvalue weighted by molar-refractivity contribution is 7.16. The number of hydrogen-bond acceptors (Lipinski definition) is 2. The molecule has 2 heteroatoms. The molecule has 0 radical (unpaired) electrons. The van der Waals surface area contributed by atoms with Gasteiger partial charge in [0.15, 0.2) is 0 Å². The van der Waals surface area contributed by atoms with Gasteiger partial charge in [-0.05, 0) is 48.8 Å². The zero-order valence-corrected chi connectivity index (χ0v) is 9.10. The molecule has 0 saturated heterocycles. The van der Waals surface area contributed by atoms with Crippen LogP contribution in [-0.2, 0) is 0 Å². The fraction of sp³-hybridized carbons (Fsp3) is 0.417. The minimum atomic E-state index is 0.814. The SMILES string of the molecule is Cc1cc(C2CCC2)c2ccsc2n1. The van der Waals surface area contributed by atoms with E-state index in [-0.39, 0.29) is 0 Å². The summed E-state index contributed by atoms with van der Waals surface area (Å²) in [7, 11) is 0. The number of hydrogen-bond donors (Lipinski definition) is 0. The van der Waals surface area contributed by atoms with Crippen LogP contribution in [0.1, 0.15) is 36.4 Å². The van der Waals surface area contributed by atoms with E-state index in [4.69, 9.17) is 0 Å². The highest BCUT2D eigenvalue weighted by atomic mass is 32.1. The standard InChI is InChI=1S/C12H13NS/c1-8-7-11(9-3-2-4-9)10-5-6-14-12(10)13-8/h5-7,9H,2-4H2,1H3. The predicted octanol–water partition coefficient (Wildman–Crippen LogP) is 3.87. The summed E-state index contributed by atoms with van der Waals surface area (Å²) in [5.74, 6) is 0.814. The van der Waals surface area contributed by atoms with Gasteiger partial charge in [-0.15, -0.1) is 11.3 Å². The van der Waals surface area contributed by atoms with Crippen molar-refractivity contribution >= 4 is 21.6 Å². The highest BCUT2D eigenvalue weighted by Crippen LogP contribution is 2.40. The molecule has 0 atom stereocenters. The van der Waals surface area contributed by atoms with Crippen LogP contribution in [0.25, 0.3) is 10.2 Å². The van der Waals surface area contributed by atoms with Crippen molar-refractivity contribution in [2.75, 3.05) is 0 Å². The summed E-state index contributed by atoms with van der Waals surface area (Å²) in [6, 6.07) is 4.50. The second-order valence-electron chi connectivity index (χ2n) is 4.12. The molecule has 0 aliphatic heterocycles. The smallest absolute Gasteiger partial charge is 0.123 e. The molecule has 0 amide bonds. The third kappa shape index (κ3) is 1.17. The molecule has 1 aliphatic carbocycles. The van der Waals surface area contributed by atoms with Crippen molar-refractivity contribution in [3.8, 4) is 0 Å². The quantitative estimate of drug-likeness (QED) is 0.685. The maximum absolute atomic E-state index is 4.56. The van der Waals surface area contributed by atoms with Crippen LogP contribution in [-0.4, -0.2) is 4.98 Å². The Labute approximate surface area is 87.8 Å². The number of thiophene rings is 1. The molecule has 2 aromatic rings. The number of aryl methyl sites for hydroxylation is 1. The summed E-state index contributed by atoms with van der Waals surface area (Å²) < 4.78 is 0. The van der Waals surface area contributed by atoms with Crippen LogP contribution >= 0.6 is 11.3 Å². The van der Waals surface area contributed by atoms with E-state index in [2.05, 4.69) is 29.4 Å². The minimum absolute atomic E-state index is 0.814. The first-order chi connectivity index (χ1) is 6.84. The average Bonchev–Trinajstić information content (AvgIpc) is 2.47. The highest BCUT2D eigenvalue weighted by Gasteiger charge is 2.22. The first-order valence-electron chi connectivity index (χ1n) is 5.19. The molecule has 0 bridgehead atoms. The lowest BCUT2D eigenvalue weighted by molar-refractivity contribution is 0.422. The molecule has 2 aromatic heterocycles. The normalized spacial score (nSPS) is 17.2. The van der Waals surface area contributed by atoms with Crippen molar-refractivity contribution in [3.63, 3.8) is 0 Å². The summed E-state index contributed by atoms with van der Waals surface area (Å²) in [5, 5.41) is 3.55. The summed E-state index contributed by atoms with van der Waals surface area (Å²) in [5.41, 5.74) is 2.71. The molecule has 0 spiro atoms. The number of fused-ring (bicyclic) bond motifs is 1. The molecule has 1 nitrogen and oxygen atoms in total. The molecule has 1 aliphatic rings. The second-order valence-corrected chi connectivity index (χ2v) is 5.01. The Hall–Kier alpha value is -0.890. The van der Waals surface area contributed by atoms with E-state index in [1.165, 1.54) is 35.2 Å². The van der Waals surface area contributed by atoms with E-state index in [9.17, 15) is 0 Å². The zero-order valence-electron chi connectivity index (χ0n) is 8.29. The maximum atomic E-state index is 4.56. The molecule has 1 saturated carbocycles. The van der Waals surface area contributed by atoms with Gasteiger partial charge in [-0.2, -0.15) is 0 Å². The van der Waals surface area contributed by atoms with Crippen LogP contribution in [0, 0.1) is 6.92 Å². The van der Waals surface area contributed by atoms with Gasteiger partial charge in [-0.25, -0.2) is 4.98 Å². The van der Waals surface area contributed by atoms with E-state index in [1.807, 2.05) is 0 Å². The topological polar surface area (TPSA) is 12.9 Å². The summed E-state index contributed by atoms with van der Waals surface area (Å²) in [4.78, 5) is 5.77. The van der Waals surface area contributed by atoms with Gasteiger partial charge >= 0.3 is 0 Å². The molecule has 1 fully saturated rings. The predicted molar refractivity (Wildman–Crippen MR) is 60.9 cm³/mol. The Kier molecular flexibility index (Phi) is 1.84. The molecule has 0 aromatic carbocycles. The van der Waals surface area contributed by atoms with Crippen molar-refractivity contribution in [2.24, 2.45) is 0 Å². The van der Waals surface area contributed by atoms with Crippen LogP contribution in [0.4, 0.5) is 0 Å². The van der Waals surface area contributed by atoms with Crippen LogP contribution in [0.15, 0.2) is 17.5 Å². The maximum Gasteiger partial charge on any atom is 0.123 e. The number of aromatic nitrogens is 1. The molecule has 72 valence electrons. The summed E-state index contributed by atoms with van der Waals surface area (Å²) in [6.07, 6.45) is 4.14. The van der Waals surface area contributed by atoms with Gasteiger partial charge in [0.1, 0.15) is 4.83 Å². The van der Waals surface area contributed by atoms with E-state index in [0.717, 1.165) is 5.92 Å². The minimum Gasteiger partial charge on any atom is -0.242 e. The fourth-order valence-corrected chi connectivity index (χ4v) is 3.00. The number of nitrogens with zero attached hydrogens (tertiary/aromatic N) is 1. The molecular formula is C12H13NS. The second kappa shape index (κ2) is 3.06. The lowest BCUT2D eigenvalue weighted by Crippen LogP contribution is -2.09. The van der Waals surface area contributed by atoms with Gasteiger partial charge < -0.3 is 0 Å². The van der Waals surface area contributed by atoms with Crippen LogP contribution in [0.2, 0.25) is 0 Å². The van der Waals surface area contributed by atoms with Crippen molar-refractivity contribution in [3.05, 3.63) is 28.8 Å². The Morgan fingerprint density at radius 3 is 3.00 bits per heavy atom. The summed E-state index contributed by atoms with van der Waals surface area (Å²) in [6.45, 7) is 2.10. The van der Waals surface area contributed by atoms with Crippen LogP contribution in [0.5, 0.6) is 0 Å². The molecule has 14 heavy (non-hydrogen) atoms. The Morgan fingerprint density at radius 2 is 2.29 bits per heavy atom. The lowest BCUT2D eigenvalue weighted by Gasteiger charge is -2.26. The average molecular weight is 203 g/mol. The van der Waals surface area contributed by atoms with E-state index >= 15 is 0 Å². The van der Waals surface area contributed by atoms with Gasteiger partial charge in [0, 0.05) is 11.1 Å². The van der Waals surface area contributed by atoms with Gasteiger partial charge in [-0.1, -0.05) is 6.42 Å². The number of rotatable bonds is 1. The molecule has 2 heterocycles. The Morgan fingerprint density at radius 1 is 1.43 bits per heavy atom. The van der Waals surface area contributed by atoms with Gasteiger partial charge in [0.25, 0.3) is 0 Å². The monoisotopic (exact) mass is 203 g/mol. The van der Waals surface area contributed by atoms with Crippen LogP contribution in [0.3, 0.4) is 0 Å². The molecule has 3 rings (SSSR count). The van der Waals surface area contributed by atoms with Crippen molar-refractivity contribution < 1.29 is 0 Å². The Balaban J connectivity index is 2.23. The largest absolute Gasteiger partial charge is 0.242 e. The number of pyridine rings is 1. The van der Waals surface area contributed by atoms with E-state index < -0.39 is 0 Å². The van der Waals surface area contributed by atoms with Gasteiger partial charge in [0.2, 0.25) is 0 Å². The molecular weight excluding hydrogens is 190 g/mol. The van der Waals surface area contributed by atoms with Gasteiger partial charge in [-0.3, -0.25) is 0 Å².